The summed E-state index contributed by atoms with van der Waals surface area (Å²) in [6.45, 7) is 5.58. The third kappa shape index (κ3) is 4.33. The molecule has 6 heteroatoms. The number of anilines is 1. The van der Waals surface area contributed by atoms with Crippen LogP contribution in [0.5, 0.6) is 0 Å². The summed E-state index contributed by atoms with van der Waals surface area (Å²) in [6.07, 6.45) is 1.82. The molecule has 0 unspecified atom stereocenters. The fraction of sp³-hybridized carbons (Fsp3) is 0.368. The second-order valence-corrected chi connectivity index (χ2v) is 6.18. The molecule has 1 aromatic carbocycles. The molecule has 1 atom stereocenters. The van der Waals surface area contributed by atoms with Gasteiger partial charge in [-0.3, -0.25) is 4.90 Å². The van der Waals surface area contributed by atoms with Gasteiger partial charge < -0.3 is 9.74 Å². The lowest BCUT2D eigenvalue weighted by atomic mass is 10.1. The van der Waals surface area contributed by atoms with E-state index in [0.29, 0.717) is 12.6 Å². The first-order valence-electron chi connectivity index (χ1n) is 8.43. The average Bonchev–Trinajstić information content (AvgIpc) is 2.64. The van der Waals surface area contributed by atoms with Crippen LogP contribution in [0.3, 0.4) is 0 Å². The van der Waals surface area contributed by atoms with Crippen LogP contribution in [-0.2, 0) is 4.84 Å². The highest BCUT2D eigenvalue weighted by Gasteiger charge is 2.25. The van der Waals surface area contributed by atoms with Gasteiger partial charge in [-0.2, -0.15) is 0 Å². The van der Waals surface area contributed by atoms with Crippen LogP contribution >= 0.6 is 0 Å². The summed E-state index contributed by atoms with van der Waals surface area (Å²) in [4.78, 5) is 14.1. The highest BCUT2D eigenvalue weighted by molar-refractivity contribution is 6.01. The molecule has 1 aromatic heterocycles. The monoisotopic (exact) mass is 342 g/mol. The quantitative estimate of drug-likeness (QED) is 0.619. The zero-order valence-corrected chi connectivity index (χ0v) is 14.6. The minimum absolute atomic E-state index is 0.252. The summed E-state index contributed by atoms with van der Waals surface area (Å²) >= 11 is 0. The van der Waals surface area contributed by atoms with Crippen molar-refractivity contribution in [1.29, 1.82) is 0 Å². The van der Waals surface area contributed by atoms with Crippen molar-refractivity contribution < 1.29 is 9.23 Å². The Hall–Kier alpha value is -2.47. The summed E-state index contributed by atoms with van der Waals surface area (Å²) in [5.41, 5.74) is 1.68. The molecule has 0 spiro atoms. The maximum atomic E-state index is 13.2. The van der Waals surface area contributed by atoms with Crippen molar-refractivity contribution in [2.75, 3.05) is 38.2 Å². The number of halogens is 1. The molecule has 5 nitrogen and oxygen atoms in total. The van der Waals surface area contributed by atoms with Crippen LogP contribution in [0.4, 0.5) is 10.2 Å². The maximum absolute atomic E-state index is 13.2. The first kappa shape index (κ1) is 17.4. The number of oxime groups is 1. The summed E-state index contributed by atoms with van der Waals surface area (Å²) in [5.74, 6) is 0.760. The Morgan fingerprint density at radius 2 is 2.04 bits per heavy atom. The molecule has 1 fully saturated rings. The second kappa shape index (κ2) is 8.07. The normalized spacial score (nSPS) is 19.1. The van der Waals surface area contributed by atoms with Gasteiger partial charge in [-0.05, 0) is 31.2 Å². The van der Waals surface area contributed by atoms with Gasteiger partial charge in [0.1, 0.15) is 24.5 Å². The van der Waals surface area contributed by atoms with E-state index in [-0.39, 0.29) is 5.82 Å². The molecule has 0 N–H and O–H groups in total. The number of nitrogens with zero attached hydrogens (tertiary/aromatic N) is 4. The van der Waals surface area contributed by atoms with Crippen LogP contribution in [-0.4, -0.2) is 54.9 Å². The molecule has 0 amide bonds. The molecule has 0 bridgehead atoms. The second-order valence-electron chi connectivity index (χ2n) is 6.18. The van der Waals surface area contributed by atoms with Gasteiger partial charge in [0, 0.05) is 44.0 Å². The van der Waals surface area contributed by atoms with E-state index < -0.39 is 0 Å². The van der Waals surface area contributed by atoms with Crippen LogP contribution in [0.2, 0.25) is 0 Å². The number of benzene rings is 1. The third-order valence-electron chi connectivity index (χ3n) is 4.47. The zero-order valence-electron chi connectivity index (χ0n) is 14.6. The van der Waals surface area contributed by atoms with Gasteiger partial charge in [-0.25, -0.2) is 9.37 Å². The maximum Gasteiger partial charge on any atom is 0.128 e. The molecule has 1 aliphatic heterocycles. The van der Waals surface area contributed by atoms with Crippen LogP contribution in [0.1, 0.15) is 12.5 Å². The van der Waals surface area contributed by atoms with Gasteiger partial charge in [0.2, 0.25) is 0 Å². The first-order valence-corrected chi connectivity index (χ1v) is 8.43. The predicted molar refractivity (Wildman–Crippen MR) is 97.4 cm³/mol. The van der Waals surface area contributed by atoms with E-state index in [0.717, 1.165) is 36.7 Å². The fourth-order valence-corrected chi connectivity index (χ4v) is 3.10. The number of hydrogen-bond donors (Lipinski definition) is 0. The number of rotatable bonds is 5. The lowest BCUT2D eigenvalue weighted by Gasteiger charge is -2.40. The Morgan fingerprint density at radius 3 is 2.68 bits per heavy atom. The molecule has 2 aromatic rings. The number of piperazine rings is 1. The molecule has 0 saturated carbocycles. The number of hydrogen-bond acceptors (Lipinski definition) is 5. The van der Waals surface area contributed by atoms with Crippen molar-refractivity contribution in [2.24, 2.45) is 5.16 Å². The van der Waals surface area contributed by atoms with E-state index in [2.05, 4.69) is 26.9 Å². The van der Waals surface area contributed by atoms with E-state index in [4.69, 9.17) is 4.84 Å². The molecule has 0 aliphatic carbocycles. The van der Waals surface area contributed by atoms with Gasteiger partial charge in [0.15, 0.2) is 0 Å². The Balaban J connectivity index is 1.68. The van der Waals surface area contributed by atoms with Crippen LogP contribution in [0.25, 0.3) is 0 Å². The smallest absolute Gasteiger partial charge is 0.128 e. The van der Waals surface area contributed by atoms with Crippen molar-refractivity contribution in [3.63, 3.8) is 0 Å². The molecule has 0 radical (unpaired) electrons. The third-order valence-corrected chi connectivity index (χ3v) is 4.47. The predicted octanol–water partition coefficient (Wildman–Crippen LogP) is 2.78. The highest BCUT2D eigenvalue weighted by atomic mass is 19.1. The molecule has 3 rings (SSSR count). The first-order chi connectivity index (χ1) is 12.2. The van der Waals surface area contributed by atoms with E-state index in [1.807, 2.05) is 24.4 Å². The Labute approximate surface area is 147 Å². The summed E-state index contributed by atoms with van der Waals surface area (Å²) in [7, 11) is 1.53. The van der Waals surface area contributed by atoms with Crippen molar-refractivity contribution in [3.05, 3.63) is 60.0 Å². The van der Waals surface area contributed by atoms with Crippen LogP contribution in [0.15, 0.2) is 53.8 Å². The largest absolute Gasteiger partial charge is 0.399 e. The molecular weight excluding hydrogens is 319 g/mol. The zero-order chi connectivity index (χ0) is 17.6. The summed E-state index contributed by atoms with van der Waals surface area (Å²) in [5, 5.41) is 4.16. The van der Waals surface area contributed by atoms with Crippen LogP contribution in [0, 0.1) is 5.82 Å². The summed E-state index contributed by atoms with van der Waals surface area (Å²) in [6, 6.07) is 12.7. The SMILES string of the molecule is CO/N=C(/CN1CCN(c2ccccn2)C[C@@H]1C)c1ccc(F)cc1. The molecule has 1 saturated heterocycles. The Bertz CT molecular complexity index is 705. The lowest BCUT2D eigenvalue weighted by molar-refractivity contribution is 0.197. The van der Waals surface area contributed by atoms with E-state index in [1.54, 1.807) is 12.1 Å². The number of aromatic nitrogens is 1. The minimum Gasteiger partial charge on any atom is -0.399 e. The molecular formula is C19H23FN4O. The van der Waals surface area contributed by atoms with Gasteiger partial charge in [-0.15, -0.1) is 0 Å². The fourth-order valence-electron chi connectivity index (χ4n) is 3.10. The Morgan fingerprint density at radius 1 is 1.24 bits per heavy atom. The van der Waals surface area contributed by atoms with Gasteiger partial charge in [-0.1, -0.05) is 23.4 Å². The standard InChI is InChI=1S/C19H23FN4O/c1-15-13-24(19-5-3-4-10-21-19)12-11-23(15)14-18(22-25-2)16-6-8-17(20)9-7-16/h3-10,15H,11-14H2,1-2H3/b22-18-/t15-/m0/s1. The van der Waals surface area contributed by atoms with Gasteiger partial charge in [0.05, 0.1) is 0 Å². The van der Waals surface area contributed by atoms with Crippen molar-refractivity contribution in [3.8, 4) is 0 Å². The van der Waals surface area contributed by atoms with Crippen molar-refractivity contribution in [2.45, 2.75) is 13.0 Å². The molecule has 1 aliphatic rings. The molecule has 25 heavy (non-hydrogen) atoms. The molecule has 132 valence electrons. The van der Waals surface area contributed by atoms with Crippen molar-refractivity contribution in [1.82, 2.24) is 9.88 Å². The minimum atomic E-state index is -0.252. The van der Waals surface area contributed by atoms with E-state index in [9.17, 15) is 4.39 Å². The lowest BCUT2D eigenvalue weighted by Crippen LogP contribution is -2.53. The molecule has 2 heterocycles. The highest BCUT2D eigenvalue weighted by Crippen LogP contribution is 2.17. The van der Waals surface area contributed by atoms with Gasteiger partial charge in [0.25, 0.3) is 0 Å². The van der Waals surface area contributed by atoms with Crippen molar-refractivity contribution >= 4 is 11.5 Å². The van der Waals surface area contributed by atoms with Gasteiger partial charge >= 0.3 is 0 Å². The van der Waals surface area contributed by atoms with Crippen LogP contribution < -0.4 is 4.90 Å². The number of pyridine rings is 1. The van der Waals surface area contributed by atoms with E-state index in [1.165, 1.54) is 19.2 Å². The van der Waals surface area contributed by atoms with E-state index >= 15 is 0 Å². The Kier molecular flexibility index (Phi) is 5.60. The average molecular weight is 342 g/mol. The topological polar surface area (TPSA) is 41.0 Å². The summed E-state index contributed by atoms with van der Waals surface area (Å²) < 4.78 is 13.2.